The summed E-state index contributed by atoms with van der Waals surface area (Å²) < 4.78 is 34.9. The van der Waals surface area contributed by atoms with Gasteiger partial charge in [-0.3, -0.25) is 9.59 Å². The van der Waals surface area contributed by atoms with Gasteiger partial charge in [-0.05, 0) is 12.1 Å². The number of sulfone groups is 1. The van der Waals surface area contributed by atoms with Crippen molar-refractivity contribution < 1.29 is 27.5 Å². The number of rotatable bonds is 1. The first-order valence-electron chi connectivity index (χ1n) is 7.03. The van der Waals surface area contributed by atoms with Crippen LogP contribution in [0.25, 0.3) is 0 Å². The van der Waals surface area contributed by atoms with Crippen LogP contribution in [-0.2, 0) is 19.3 Å². The summed E-state index contributed by atoms with van der Waals surface area (Å²) in [6.45, 7) is 0.931. The summed E-state index contributed by atoms with van der Waals surface area (Å²) in [5.74, 6) is -1.51. The number of fused-ring (bicyclic) bond motifs is 1. The Morgan fingerprint density at radius 1 is 1.13 bits per heavy atom. The summed E-state index contributed by atoms with van der Waals surface area (Å²) in [5, 5.41) is 2.71. The average molecular weight is 336 g/mol. The molecule has 8 nitrogen and oxygen atoms in total. The number of Topliss-reactive ketones (excluding diaryl/α,β-unsaturated/α-hetero) is 2. The Morgan fingerprint density at radius 3 is 2.61 bits per heavy atom. The molecule has 0 unspecified atom stereocenters. The molecular weight excluding hydrogens is 324 g/mol. The van der Waals surface area contributed by atoms with Crippen molar-refractivity contribution in [2.24, 2.45) is 0 Å². The molecule has 2 aliphatic heterocycles. The smallest absolute Gasteiger partial charge is 0.229 e. The van der Waals surface area contributed by atoms with E-state index in [4.69, 9.17) is 9.47 Å². The topological polar surface area (TPSA) is 112 Å². The maximum absolute atomic E-state index is 12.6. The van der Waals surface area contributed by atoms with Gasteiger partial charge in [-0.2, -0.15) is 0 Å². The van der Waals surface area contributed by atoms with E-state index in [1.54, 1.807) is 0 Å². The van der Waals surface area contributed by atoms with Crippen LogP contribution in [0, 0.1) is 0 Å². The monoisotopic (exact) mass is 336 g/mol. The molecule has 9 heteroatoms. The Kier molecular flexibility index (Phi) is 3.12. The third-order valence-electron chi connectivity index (χ3n) is 3.88. The number of nitrogens with zero attached hydrogens (tertiary/aromatic N) is 1. The fourth-order valence-electron chi connectivity index (χ4n) is 2.82. The molecule has 0 amide bonds. The number of nitrogens with one attached hydrogen (secondary N) is 1. The second kappa shape index (κ2) is 4.95. The summed E-state index contributed by atoms with van der Waals surface area (Å²) in [5.41, 5.74) is 0.106. The van der Waals surface area contributed by atoms with Gasteiger partial charge in [-0.25, -0.2) is 13.4 Å². The van der Waals surface area contributed by atoms with Crippen molar-refractivity contribution in [3.05, 3.63) is 39.7 Å². The molecule has 0 radical (unpaired) electrons. The molecule has 1 N–H and O–H groups in total. The van der Waals surface area contributed by atoms with Gasteiger partial charge in [0, 0.05) is 6.54 Å². The van der Waals surface area contributed by atoms with Crippen molar-refractivity contribution in [1.82, 2.24) is 10.3 Å². The molecule has 120 valence electrons. The molecule has 1 aromatic rings. The molecular formula is C14H12N2O6S. The quantitative estimate of drug-likeness (QED) is 0.746. The Bertz CT molecular complexity index is 867. The molecule has 0 spiro atoms. The summed E-state index contributed by atoms with van der Waals surface area (Å²) in [7, 11) is -3.76. The maximum Gasteiger partial charge on any atom is 0.229 e. The Labute approximate surface area is 131 Å². The first-order chi connectivity index (χ1) is 11.0. The zero-order chi connectivity index (χ0) is 16.2. The molecule has 0 saturated carbocycles. The van der Waals surface area contributed by atoms with Crippen molar-refractivity contribution in [2.75, 3.05) is 25.5 Å². The summed E-state index contributed by atoms with van der Waals surface area (Å²) in [6, 6.07) is 2.91. The van der Waals surface area contributed by atoms with E-state index in [9.17, 15) is 18.0 Å². The summed E-state index contributed by atoms with van der Waals surface area (Å²) >= 11 is 0. The van der Waals surface area contributed by atoms with Gasteiger partial charge < -0.3 is 14.8 Å². The van der Waals surface area contributed by atoms with Gasteiger partial charge in [0.25, 0.3) is 0 Å². The van der Waals surface area contributed by atoms with Crippen LogP contribution in [0.1, 0.15) is 32.8 Å². The minimum absolute atomic E-state index is 0.0113. The summed E-state index contributed by atoms with van der Waals surface area (Å²) in [4.78, 5) is 28.8. The molecule has 1 aromatic heterocycles. The van der Waals surface area contributed by atoms with Gasteiger partial charge in [0.05, 0.1) is 30.2 Å². The Hall–Kier alpha value is -2.10. The second-order valence-corrected chi connectivity index (χ2v) is 7.36. The second-order valence-electron chi connectivity index (χ2n) is 5.31. The van der Waals surface area contributed by atoms with Crippen molar-refractivity contribution in [2.45, 2.75) is 6.29 Å². The average Bonchev–Trinajstić information content (AvgIpc) is 3.05. The Balaban J connectivity index is 1.85. The predicted octanol–water partition coefficient (Wildman–Crippen LogP) is -0.264. The van der Waals surface area contributed by atoms with Gasteiger partial charge >= 0.3 is 0 Å². The normalized spacial score (nSPS) is 23.5. The van der Waals surface area contributed by atoms with E-state index in [1.165, 1.54) is 12.1 Å². The van der Waals surface area contributed by atoms with Crippen LogP contribution < -0.4 is 5.32 Å². The largest absolute Gasteiger partial charge is 0.380 e. The number of aromatic nitrogens is 1. The van der Waals surface area contributed by atoms with E-state index in [0.29, 0.717) is 18.9 Å². The maximum atomic E-state index is 12.6. The molecule has 0 bridgehead atoms. The lowest BCUT2D eigenvalue weighted by Crippen LogP contribution is -2.41. The van der Waals surface area contributed by atoms with E-state index < -0.39 is 32.6 Å². The van der Waals surface area contributed by atoms with Gasteiger partial charge in [0.2, 0.25) is 17.9 Å². The number of hydrogen-bond donors (Lipinski definition) is 1. The molecule has 23 heavy (non-hydrogen) atoms. The number of allylic oxidation sites excluding steroid dienone is 2. The number of pyridine rings is 1. The van der Waals surface area contributed by atoms with Crippen LogP contribution in [0.5, 0.6) is 0 Å². The van der Waals surface area contributed by atoms with Gasteiger partial charge in [-0.15, -0.1) is 0 Å². The van der Waals surface area contributed by atoms with Crippen LogP contribution >= 0.6 is 0 Å². The molecule has 1 aliphatic carbocycles. The third-order valence-corrected chi connectivity index (χ3v) is 5.64. The van der Waals surface area contributed by atoms with Gasteiger partial charge in [0.15, 0.2) is 9.84 Å². The fraction of sp³-hybridized carbons (Fsp3) is 0.357. The highest BCUT2D eigenvalue weighted by molar-refractivity contribution is 7.96. The van der Waals surface area contributed by atoms with E-state index in [1.807, 2.05) is 0 Å². The van der Waals surface area contributed by atoms with Crippen molar-refractivity contribution in [3.8, 4) is 0 Å². The predicted molar refractivity (Wildman–Crippen MR) is 76.4 cm³/mol. The molecule has 3 aliphatic rings. The van der Waals surface area contributed by atoms with Crippen molar-refractivity contribution in [3.63, 3.8) is 0 Å². The standard InChI is InChI=1S/C14H12N2O6S/c17-11-7-1-2-8(14-21-4-5-22-14)16-9(7)12(18)10-13(11)23(19,20)6-3-15-10/h1-2,14-15H,3-6H2. The highest BCUT2D eigenvalue weighted by Crippen LogP contribution is 2.31. The third kappa shape index (κ3) is 2.12. The molecule has 1 saturated heterocycles. The molecule has 0 aromatic carbocycles. The van der Waals surface area contributed by atoms with Crippen molar-refractivity contribution in [1.29, 1.82) is 0 Å². The van der Waals surface area contributed by atoms with Crippen LogP contribution in [0.2, 0.25) is 0 Å². The minimum Gasteiger partial charge on any atom is -0.380 e. The highest BCUT2D eigenvalue weighted by atomic mass is 32.2. The number of hydrogen-bond acceptors (Lipinski definition) is 8. The number of carbonyl (C=O) groups excluding carboxylic acids is 2. The minimum atomic E-state index is -3.76. The lowest BCUT2D eigenvalue weighted by Gasteiger charge is -2.25. The zero-order valence-electron chi connectivity index (χ0n) is 11.9. The first kappa shape index (κ1) is 14.5. The highest BCUT2D eigenvalue weighted by Gasteiger charge is 2.42. The molecule has 1 fully saturated rings. The van der Waals surface area contributed by atoms with E-state index in [2.05, 4.69) is 10.3 Å². The molecule has 0 atom stereocenters. The van der Waals surface area contributed by atoms with E-state index in [0.717, 1.165) is 0 Å². The summed E-state index contributed by atoms with van der Waals surface area (Å²) in [6.07, 6.45) is -0.679. The van der Waals surface area contributed by atoms with Crippen LogP contribution in [-0.4, -0.2) is 50.5 Å². The lowest BCUT2D eigenvalue weighted by molar-refractivity contribution is -0.0473. The lowest BCUT2D eigenvalue weighted by atomic mass is 9.96. The number of carbonyl (C=O) groups is 2. The first-order valence-corrected chi connectivity index (χ1v) is 8.69. The van der Waals surface area contributed by atoms with Crippen LogP contribution in [0.3, 0.4) is 0 Å². The SMILES string of the molecule is O=C1C2=C(NCCS2(=O)=O)C(=O)c2nc(C3OCCO3)ccc21. The number of ketones is 2. The Morgan fingerprint density at radius 2 is 1.87 bits per heavy atom. The van der Waals surface area contributed by atoms with Gasteiger partial charge in [-0.1, -0.05) is 0 Å². The molecule has 3 heterocycles. The van der Waals surface area contributed by atoms with E-state index >= 15 is 0 Å². The van der Waals surface area contributed by atoms with Crippen LogP contribution in [0.4, 0.5) is 0 Å². The van der Waals surface area contributed by atoms with Gasteiger partial charge in [0.1, 0.15) is 16.3 Å². The fourth-order valence-corrected chi connectivity index (χ4v) is 4.26. The van der Waals surface area contributed by atoms with Crippen molar-refractivity contribution >= 4 is 21.4 Å². The number of ether oxygens (including phenoxy) is 2. The van der Waals surface area contributed by atoms with E-state index in [-0.39, 0.29) is 29.3 Å². The zero-order valence-corrected chi connectivity index (χ0v) is 12.7. The molecule has 4 rings (SSSR count). The van der Waals surface area contributed by atoms with Crippen LogP contribution in [0.15, 0.2) is 22.7 Å².